The number of carbonyl (C=O) groups is 2. The molecular formula is C15H11BrClNO4. The molecule has 22 heavy (non-hydrogen) atoms. The third kappa shape index (κ3) is 5.05. The summed E-state index contributed by atoms with van der Waals surface area (Å²) in [5.74, 6) is -0.637. The minimum atomic E-state index is -0.651. The van der Waals surface area contributed by atoms with E-state index in [0.717, 1.165) is 0 Å². The second kappa shape index (κ2) is 7.82. The lowest BCUT2D eigenvalue weighted by Gasteiger charge is -2.06. The third-order valence-electron chi connectivity index (χ3n) is 2.47. The van der Waals surface area contributed by atoms with E-state index in [1.165, 1.54) is 12.2 Å². The molecule has 0 atom stereocenters. The van der Waals surface area contributed by atoms with Crippen molar-refractivity contribution in [3.8, 4) is 0 Å². The number of rotatable bonds is 5. The molecule has 114 valence electrons. The molecule has 0 bridgehead atoms. The van der Waals surface area contributed by atoms with Crippen molar-refractivity contribution in [2.45, 2.75) is 0 Å². The Bertz CT molecular complexity index is 711. The number of furan rings is 1. The maximum absolute atomic E-state index is 11.7. The van der Waals surface area contributed by atoms with Crippen molar-refractivity contribution in [2.75, 3.05) is 11.9 Å². The van der Waals surface area contributed by atoms with Gasteiger partial charge in [0, 0.05) is 6.08 Å². The minimum Gasteiger partial charge on any atom is -0.452 e. The predicted molar refractivity (Wildman–Crippen MR) is 86.5 cm³/mol. The number of ether oxygens (including phenoxy) is 1. The number of esters is 1. The van der Waals surface area contributed by atoms with Gasteiger partial charge in [-0.15, -0.1) is 0 Å². The second-order valence-electron chi connectivity index (χ2n) is 4.11. The number of hydrogen-bond acceptors (Lipinski definition) is 4. The molecule has 0 radical (unpaired) electrons. The van der Waals surface area contributed by atoms with Gasteiger partial charge in [0.15, 0.2) is 11.3 Å². The zero-order valence-electron chi connectivity index (χ0n) is 11.2. The lowest BCUT2D eigenvalue weighted by atomic mass is 10.3. The monoisotopic (exact) mass is 383 g/mol. The molecule has 0 saturated carbocycles. The number of amides is 1. The number of carbonyl (C=O) groups excluding carboxylic acids is 2. The van der Waals surface area contributed by atoms with Crippen LogP contribution in [0.2, 0.25) is 5.02 Å². The van der Waals surface area contributed by atoms with Crippen LogP contribution in [0.25, 0.3) is 6.08 Å². The summed E-state index contributed by atoms with van der Waals surface area (Å²) >= 11 is 9.05. The quantitative estimate of drug-likeness (QED) is 0.627. The number of benzene rings is 1. The highest BCUT2D eigenvalue weighted by atomic mass is 79.9. The van der Waals surface area contributed by atoms with Gasteiger partial charge in [0.1, 0.15) is 5.76 Å². The molecule has 0 unspecified atom stereocenters. The first-order valence-corrected chi connectivity index (χ1v) is 7.36. The summed E-state index contributed by atoms with van der Waals surface area (Å²) in [5, 5.41) is 2.95. The van der Waals surface area contributed by atoms with Crippen molar-refractivity contribution in [3.63, 3.8) is 0 Å². The Balaban J connectivity index is 1.80. The minimum absolute atomic E-state index is 0.407. The number of hydrogen-bond donors (Lipinski definition) is 1. The second-order valence-corrected chi connectivity index (χ2v) is 5.30. The Hall–Kier alpha value is -2.05. The van der Waals surface area contributed by atoms with Gasteiger partial charge < -0.3 is 14.5 Å². The highest BCUT2D eigenvalue weighted by Crippen LogP contribution is 2.20. The van der Waals surface area contributed by atoms with Gasteiger partial charge in [-0.25, -0.2) is 4.79 Å². The van der Waals surface area contributed by atoms with Crippen molar-refractivity contribution in [1.82, 2.24) is 0 Å². The molecule has 0 spiro atoms. The van der Waals surface area contributed by atoms with Crippen LogP contribution in [0.5, 0.6) is 0 Å². The van der Waals surface area contributed by atoms with E-state index in [1.54, 1.807) is 36.4 Å². The van der Waals surface area contributed by atoms with E-state index in [0.29, 0.717) is 21.1 Å². The fraction of sp³-hybridized carbons (Fsp3) is 0.0667. The summed E-state index contributed by atoms with van der Waals surface area (Å²) in [6, 6.07) is 10.2. The van der Waals surface area contributed by atoms with E-state index in [9.17, 15) is 9.59 Å². The fourth-order valence-electron chi connectivity index (χ4n) is 1.50. The van der Waals surface area contributed by atoms with Crippen LogP contribution in [-0.2, 0) is 14.3 Å². The predicted octanol–water partition coefficient (Wildman–Crippen LogP) is 3.89. The van der Waals surface area contributed by atoms with Gasteiger partial charge in [-0.05, 0) is 46.3 Å². The third-order valence-corrected chi connectivity index (χ3v) is 3.23. The van der Waals surface area contributed by atoms with Crippen LogP contribution in [0.4, 0.5) is 5.69 Å². The molecule has 1 amide bonds. The van der Waals surface area contributed by atoms with Gasteiger partial charge in [-0.1, -0.05) is 23.7 Å². The normalized spacial score (nSPS) is 10.6. The summed E-state index contributed by atoms with van der Waals surface area (Å²) < 4.78 is 10.5. The van der Waals surface area contributed by atoms with E-state index in [4.69, 9.17) is 20.8 Å². The highest BCUT2D eigenvalue weighted by Gasteiger charge is 2.07. The smallest absolute Gasteiger partial charge is 0.331 e. The number of nitrogens with one attached hydrogen (secondary N) is 1. The van der Waals surface area contributed by atoms with Crippen LogP contribution in [0.1, 0.15) is 5.76 Å². The van der Waals surface area contributed by atoms with Crippen molar-refractivity contribution >= 4 is 51.2 Å². The molecule has 0 aliphatic carbocycles. The van der Waals surface area contributed by atoms with Crippen molar-refractivity contribution in [3.05, 3.63) is 57.9 Å². The Labute approximate surface area is 140 Å². The van der Waals surface area contributed by atoms with E-state index < -0.39 is 18.5 Å². The Morgan fingerprint density at radius 2 is 2.05 bits per heavy atom. The van der Waals surface area contributed by atoms with Crippen LogP contribution in [0.15, 0.2) is 51.6 Å². The molecule has 7 heteroatoms. The molecule has 0 saturated heterocycles. The summed E-state index contributed by atoms with van der Waals surface area (Å²) in [5.41, 5.74) is 0.459. The standard InChI is InChI=1S/C15H11BrClNO4/c16-13-7-5-10(22-13)6-8-15(20)21-9-14(19)18-12-4-2-1-3-11(12)17/h1-8H,9H2,(H,18,19). The van der Waals surface area contributed by atoms with Crippen LogP contribution >= 0.6 is 27.5 Å². The van der Waals surface area contributed by atoms with Gasteiger partial charge >= 0.3 is 5.97 Å². The highest BCUT2D eigenvalue weighted by molar-refractivity contribution is 9.10. The lowest BCUT2D eigenvalue weighted by Crippen LogP contribution is -2.20. The fourth-order valence-corrected chi connectivity index (χ4v) is 2.00. The molecule has 1 N–H and O–H groups in total. The molecule has 0 aliphatic heterocycles. The Morgan fingerprint density at radius 3 is 2.73 bits per heavy atom. The first-order valence-electron chi connectivity index (χ1n) is 6.19. The first kappa shape index (κ1) is 16.3. The maximum Gasteiger partial charge on any atom is 0.331 e. The van der Waals surface area contributed by atoms with Gasteiger partial charge in [0.05, 0.1) is 10.7 Å². The number of para-hydroxylation sites is 1. The van der Waals surface area contributed by atoms with Crippen LogP contribution < -0.4 is 5.32 Å². The van der Waals surface area contributed by atoms with E-state index in [-0.39, 0.29) is 0 Å². The molecule has 2 rings (SSSR count). The first-order chi connectivity index (χ1) is 10.5. The van der Waals surface area contributed by atoms with E-state index in [2.05, 4.69) is 21.2 Å². The number of anilines is 1. The van der Waals surface area contributed by atoms with Gasteiger partial charge in [0.2, 0.25) is 0 Å². The molecular weight excluding hydrogens is 374 g/mol. The van der Waals surface area contributed by atoms with Crippen molar-refractivity contribution < 1.29 is 18.7 Å². The topological polar surface area (TPSA) is 68.5 Å². The zero-order valence-corrected chi connectivity index (χ0v) is 13.6. The van der Waals surface area contributed by atoms with Crippen LogP contribution in [0.3, 0.4) is 0 Å². The lowest BCUT2D eigenvalue weighted by molar-refractivity contribution is -0.142. The van der Waals surface area contributed by atoms with Gasteiger partial charge in [0.25, 0.3) is 5.91 Å². The van der Waals surface area contributed by atoms with E-state index >= 15 is 0 Å². The van der Waals surface area contributed by atoms with Gasteiger partial charge in [-0.2, -0.15) is 0 Å². The van der Waals surface area contributed by atoms with Crippen LogP contribution in [0, 0.1) is 0 Å². The molecule has 1 heterocycles. The largest absolute Gasteiger partial charge is 0.452 e. The van der Waals surface area contributed by atoms with Crippen LogP contribution in [-0.4, -0.2) is 18.5 Å². The molecule has 1 aromatic carbocycles. The number of halogens is 2. The summed E-state index contributed by atoms with van der Waals surface area (Å²) in [6.45, 7) is -0.407. The van der Waals surface area contributed by atoms with E-state index in [1.807, 2.05) is 0 Å². The average Bonchev–Trinajstić information content (AvgIpc) is 2.91. The summed E-state index contributed by atoms with van der Waals surface area (Å²) in [4.78, 5) is 23.1. The zero-order chi connectivity index (χ0) is 15.9. The summed E-state index contributed by atoms with van der Waals surface area (Å²) in [6.07, 6.45) is 2.62. The Morgan fingerprint density at radius 1 is 1.27 bits per heavy atom. The molecule has 0 aliphatic rings. The maximum atomic E-state index is 11.7. The van der Waals surface area contributed by atoms with Crippen molar-refractivity contribution in [1.29, 1.82) is 0 Å². The summed E-state index contributed by atoms with van der Waals surface area (Å²) in [7, 11) is 0. The molecule has 0 fully saturated rings. The molecule has 1 aromatic heterocycles. The molecule has 2 aromatic rings. The molecule has 5 nitrogen and oxygen atoms in total. The van der Waals surface area contributed by atoms with Crippen molar-refractivity contribution in [2.24, 2.45) is 0 Å². The van der Waals surface area contributed by atoms with Gasteiger partial charge in [-0.3, -0.25) is 4.79 Å². The SMILES string of the molecule is O=C(COC(=O)C=Cc1ccc(Br)o1)Nc1ccccc1Cl. The Kier molecular flexibility index (Phi) is 5.80. The average molecular weight is 385 g/mol.